The number of halogens is 1. The summed E-state index contributed by atoms with van der Waals surface area (Å²) >= 11 is 10.1. The second-order valence-electron chi connectivity index (χ2n) is 4.53. The summed E-state index contributed by atoms with van der Waals surface area (Å²) in [6.07, 6.45) is 2.15. The molecule has 0 saturated carbocycles. The fourth-order valence-electron chi connectivity index (χ4n) is 1.95. The Labute approximate surface area is 122 Å². The standard InChI is InChI=1S/C14H18ClNS2/c1-10(9-17-2)7-16-8-13-14(15)11-5-3-4-6-12(11)18-13/h3-6,10,16H,7-9H2,1-2H3. The van der Waals surface area contributed by atoms with Gasteiger partial charge in [0, 0.05) is 21.5 Å². The van der Waals surface area contributed by atoms with E-state index >= 15 is 0 Å². The van der Waals surface area contributed by atoms with Crippen molar-refractivity contribution < 1.29 is 0 Å². The van der Waals surface area contributed by atoms with E-state index in [0.29, 0.717) is 5.92 Å². The highest BCUT2D eigenvalue weighted by Gasteiger charge is 2.09. The Kier molecular flexibility index (Phi) is 5.37. The molecule has 0 spiro atoms. The molecule has 1 atom stereocenters. The third-order valence-corrected chi connectivity index (χ3v) is 5.45. The van der Waals surface area contributed by atoms with Gasteiger partial charge >= 0.3 is 0 Å². The zero-order chi connectivity index (χ0) is 13.0. The van der Waals surface area contributed by atoms with Crippen molar-refractivity contribution in [2.45, 2.75) is 13.5 Å². The van der Waals surface area contributed by atoms with Crippen LogP contribution in [0.2, 0.25) is 5.02 Å². The van der Waals surface area contributed by atoms with E-state index in [1.165, 1.54) is 20.7 Å². The lowest BCUT2D eigenvalue weighted by Crippen LogP contribution is -2.21. The summed E-state index contributed by atoms with van der Waals surface area (Å²) in [5.74, 6) is 1.90. The highest BCUT2D eigenvalue weighted by atomic mass is 35.5. The van der Waals surface area contributed by atoms with E-state index in [1.807, 2.05) is 17.8 Å². The average Bonchev–Trinajstić information content (AvgIpc) is 2.68. The molecule has 0 aliphatic carbocycles. The van der Waals surface area contributed by atoms with Crippen LogP contribution in [0.1, 0.15) is 11.8 Å². The van der Waals surface area contributed by atoms with Gasteiger partial charge in [-0.1, -0.05) is 36.7 Å². The summed E-state index contributed by atoms with van der Waals surface area (Å²) in [5.41, 5.74) is 0. The Bertz CT molecular complexity index is 509. The smallest absolute Gasteiger partial charge is 0.0636 e. The van der Waals surface area contributed by atoms with E-state index in [-0.39, 0.29) is 0 Å². The van der Waals surface area contributed by atoms with Crippen molar-refractivity contribution in [1.82, 2.24) is 5.32 Å². The predicted octanol–water partition coefficient (Wildman–Crippen LogP) is 4.64. The van der Waals surface area contributed by atoms with Crippen LogP contribution >= 0.6 is 34.7 Å². The molecule has 18 heavy (non-hydrogen) atoms. The summed E-state index contributed by atoms with van der Waals surface area (Å²) in [5, 5.41) is 5.60. The average molecular weight is 300 g/mol. The van der Waals surface area contributed by atoms with Crippen LogP contribution in [0.5, 0.6) is 0 Å². The Morgan fingerprint density at radius 3 is 2.89 bits per heavy atom. The minimum Gasteiger partial charge on any atom is -0.312 e. The minimum absolute atomic E-state index is 0.702. The molecule has 0 saturated heterocycles. The largest absolute Gasteiger partial charge is 0.312 e. The lowest BCUT2D eigenvalue weighted by molar-refractivity contribution is 0.562. The fourth-order valence-corrected chi connectivity index (χ4v) is 4.11. The lowest BCUT2D eigenvalue weighted by Gasteiger charge is -2.10. The fraction of sp³-hybridized carbons (Fsp3) is 0.429. The van der Waals surface area contributed by atoms with Crippen LogP contribution in [-0.2, 0) is 6.54 Å². The maximum absolute atomic E-state index is 6.40. The van der Waals surface area contributed by atoms with Crippen molar-refractivity contribution in [2.24, 2.45) is 5.92 Å². The Balaban J connectivity index is 1.97. The molecule has 98 valence electrons. The molecule has 4 heteroatoms. The first-order valence-corrected chi connectivity index (χ1v) is 8.66. The van der Waals surface area contributed by atoms with E-state index in [0.717, 1.165) is 18.1 Å². The number of rotatable bonds is 6. The van der Waals surface area contributed by atoms with Crippen LogP contribution in [0.25, 0.3) is 10.1 Å². The summed E-state index contributed by atoms with van der Waals surface area (Å²) in [7, 11) is 0. The van der Waals surface area contributed by atoms with Gasteiger partial charge in [0.25, 0.3) is 0 Å². The van der Waals surface area contributed by atoms with Gasteiger partial charge in [-0.25, -0.2) is 0 Å². The third-order valence-electron chi connectivity index (χ3n) is 2.83. The molecule has 0 fully saturated rings. The molecule has 1 nitrogen and oxygen atoms in total. The molecule has 1 aromatic heterocycles. The van der Waals surface area contributed by atoms with Crippen molar-refractivity contribution in [3.63, 3.8) is 0 Å². The van der Waals surface area contributed by atoms with Crippen LogP contribution in [-0.4, -0.2) is 18.6 Å². The first-order valence-electron chi connectivity index (χ1n) is 6.08. The van der Waals surface area contributed by atoms with Gasteiger partial charge < -0.3 is 5.32 Å². The number of nitrogens with one attached hydrogen (secondary N) is 1. The molecule has 2 aromatic rings. The summed E-state index contributed by atoms with van der Waals surface area (Å²) < 4.78 is 1.27. The van der Waals surface area contributed by atoms with Crippen LogP contribution in [0.4, 0.5) is 0 Å². The van der Waals surface area contributed by atoms with Gasteiger partial charge in [-0.2, -0.15) is 11.8 Å². The summed E-state index contributed by atoms with van der Waals surface area (Å²) in [6, 6.07) is 8.32. The Morgan fingerprint density at radius 2 is 2.17 bits per heavy atom. The number of thiophene rings is 1. The van der Waals surface area contributed by atoms with Crippen molar-refractivity contribution in [3.8, 4) is 0 Å². The van der Waals surface area contributed by atoms with Crippen LogP contribution in [0, 0.1) is 5.92 Å². The maximum atomic E-state index is 6.40. The first-order chi connectivity index (χ1) is 8.72. The van der Waals surface area contributed by atoms with Crippen molar-refractivity contribution in [3.05, 3.63) is 34.2 Å². The number of hydrogen-bond acceptors (Lipinski definition) is 3. The van der Waals surface area contributed by atoms with Crippen molar-refractivity contribution in [2.75, 3.05) is 18.6 Å². The topological polar surface area (TPSA) is 12.0 Å². The zero-order valence-electron chi connectivity index (χ0n) is 10.7. The molecule has 0 aliphatic heterocycles. The SMILES string of the molecule is CSCC(C)CNCc1sc2ccccc2c1Cl. The molecule has 0 aliphatic rings. The van der Waals surface area contributed by atoms with Gasteiger partial charge in [-0.05, 0) is 30.5 Å². The minimum atomic E-state index is 0.702. The molecular formula is C14H18ClNS2. The second kappa shape index (κ2) is 6.80. The van der Waals surface area contributed by atoms with Crippen molar-refractivity contribution in [1.29, 1.82) is 0 Å². The third kappa shape index (κ3) is 3.41. The molecule has 1 heterocycles. The Morgan fingerprint density at radius 1 is 1.39 bits per heavy atom. The first kappa shape index (κ1) is 14.2. The van der Waals surface area contributed by atoms with Gasteiger partial charge in [0.05, 0.1) is 5.02 Å². The molecule has 0 amide bonds. The van der Waals surface area contributed by atoms with E-state index in [9.17, 15) is 0 Å². The lowest BCUT2D eigenvalue weighted by atomic mass is 10.2. The number of fused-ring (bicyclic) bond motifs is 1. The molecule has 0 radical (unpaired) electrons. The number of benzene rings is 1. The molecule has 2 rings (SSSR count). The zero-order valence-corrected chi connectivity index (χ0v) is 13.1. The van der Waals surface area contributed by atoms with Crippen LogP contribution in [0.3, 0.4) is 0 Å². The van der Waals surface area contributed by atoms with E-state index in [4.69, 9.17) is 11.6 Å². The van der Waals surface area contributed by atoms with E-state index in [2.05, 4.69) is 36.7 Å². The van der Waals surface area contributed by atoms with Crippen molar-refractivity contribution >= 4 is 44.8 Å². The Hall–Kier alpha value is -0.220. The summed E-state index contributed by atoms with van der Waals surface area (Å²) in [6.45, 7) is 4.19. The van der Waals surface area contributed by atoms with Crippen LogP contribution < -0.4 is 5.32 Å². The second-order valence-corrected chi connectivity index (χ2v) is 6.95. The normalized spacial score (nSPS) is 13.1. The summed E-state index contributed by atoms with van der Waals surface area (Å²) in [4.78, 5) is 1.24. The van der Waals surface area contributed by atoms with Gasteiger partial charge in [0.2, 0.25) is 0 Å². The van der Waals surface area contributed by atoms with Gasteiger partial charge in [0.15, 0.2) is 0 Å². The van der Waals surface area contributed by atoms with Crippen LogP contribution in [0.15, 0.2) is 24.3 Å². The van der Waals surface area contributed by atoms with Gasteiger partial charge in [-0.3, -0.25) is 0 Å². The molecule has 1 unspecified atom stereocenters. The highest BCUT2D eigenvalue weighted by Crippen LogP contribution is 2.34. The quantitative estimate of drug-likeness (QED) is 0.834. The molecule has 1 aromatic carbocycles. The maximum Gasteiger partial charge on any atom is 0.0636 e. The highest BCUT2D eigenvalue weighted by molar-refractivity contribution is 7.98. The molecule has 0 bridgehead atoms. The number of hydrogen-bond donors (Lipinski definition) is 1. The predicted molar refractivity (Wildman–Crippen MR) is 86.1 cm³/mol. The monoisotopic (exact) mass is 299 g/mol. The molecule has 1 N–H and O–H groups in total. The van der Waals surface area contributed by atoms with Gasteiger partial charge in [-0.15, -0.1) is 11.3 Å². The van der Waals surface area contributed by atoms with E-state index < -0.39 is 0 Å². The molecular weight excluding hydrogens is 282 g/mol. The number of thioether (sulfide) groups is 1. The van der Waals surface area contributed by atoms with Gasteiger partial charge in [0.1, 0.15) is 0 Å². The van der Waals surface area contributed by atoms with E-state index in [1.54, 1.807) is 11.3 Å².